The Hall–Kier alpha value is 0.795. The molecule has 0 aliphatic carbocycles. The van der Waals surface area contributed by atoms with E-state index in [0.717, 1.165) is 10.5 Å². The first kappa shape index (κ1) is 11.8. The Balaban J connectivity index is 3.27. The van der Waals surface area contributed by atoms with Gasteiger partial charge in [0.25, 0.3) is 0 Å². The molecule has 0 bridgehead atoms. The van der Waals surface area contributed by atoms with Crippen LogP contribution in [0.1, 0.15) is 40.0 Å². The van der Waals surface area contributed by atoms with Crippen LogP contribution in [0.5, 0.6) is 0 Å². The third kappa shape index (κ3) is 7.17. The Morgan fingerprint density at radius 3 is 2.45 bits per heavy atom. The Bertz CT molecular complexity index is 85.6. The first-order chi connectivity index (χ1) is 5.20. The fourth-order valence-corrected chi connectivity index (χ4v) is 2.46. The molecule has 66 valence electrons. The summed E-state index contributed by atoms with van der Waals surface area (Å²) < 4.78 is 0.919. The number of unbranched alkanes of at least 4 members (excludes halogenated alkanes) is 1. The van der Waals surface area contributed by atoms with Gasteiger partial charge in [-0.3, -0.25) is 0 Å². The molecule has 0 saturated carbocycles. The van der Waals surface area contributed by atoms with Gasteiger partial charge in [-0.05, 0) is 0 Å². The van der Waals surface area contributed by atoms with E-state index in [2.05, 4.69) is 43.1 Å². The zero-order valence-electron chi connectivity index (χ0n) is 8.07. The molecule has 0 N–H and O–H groups in total. The van der Waals surface area contributed by atoms with Crippen molar-refractivity contribution in [1.82, 2.24) is 0 Å². The van der Waals surface area contributed by atoms with Crippen molar-refractivity contribution in [2.24, 2.45) is 5.92 Å². The molecule has 0 heterocycles. The standard InChI is InChI=1S/C9H20BI/c1-4-6-7-10(11)8-9(3)5-2/h9H,4-8H2,1-3H3. The van der Waals surface area contributed by atoms with Gasteiger partial charge in [-0.25, -0.2) is 0 Å². The maximum atomic E-state index is 2.60. The molecule has 2 heteroatoms. The van der Waals surface area contributed by atoms with E-state index in [9.17, 15) is 0 Å². The molecular formula is C9H20BI. The highest BCUT2D eigenvalue weighted by Crippen LogP contribution is 2.19. The van der Waals surface area contributed by atoms with Gasteiger partial charge in [-0.1, -0.05) is 58.6 Å². The van der Waals surface area contributed by atoms with Crippen LogP contribution in [0, 0.1) is 5.92 Å². The van der Waals surface area contributed by atoms with Gasteiger partial charge in [0, 0.05) is 0 Å². The smallest absolute Gasteiger partial charge is 0.150 e. The summed E-state index contributed by atoms with van der Waals surface area (Å²) >= 11 is 2.60. The van der Waals surface area contributed by atoms with E-state index in [1.165, 1.54) is 31.9 Å². The van der Waals surface area contributed by atoms with Crippen LogP contribution in [0.2, 0.25) is 12.6 Å². The summed E-state index contributed by atoms with van der Waals surface area (Å²) in [5, 5.41) is 0. The van der Waals surface area contributed by atoms with Gasteiger partial charge < -0.3 is 0 Å². The zero-order chi connectivity index (χ0) is 8.69. The van der Waals surface area contributed by atoms with E-state index in [4.69, 9.17) is 0 Å². The van der Waals surface area contributed by atoms with Crippen LogP contribution in [0.25, 0.3) is 0 Å². The van der Waals surface area contributed by atoms with Crippen molar-refractivity contribution in [2.45, 2.75) is 52.7 Å². The molecule has 0 aromatic heterocycles. The van der Waals surface area contributed by atoms with E-state index in [1.807, 2.05) is 0 Å². The van der Waals surface area contributed by atoms with Gasteiger partial charge in [-0.2, -0.15) is 0 Å². The SMILES string of the molecule is CCCCB(I)CC(C)CC. The largest absolute Gasteiger partial charge is 0.218 e. The Morgan fingerprint density at radius 2 is 2.00 bits per heavy atom. The average Bonchev–Trinajstić information content (AvgIpc) is 2.00. The van der Waals surface area contributed by atoms with E-state index in [-0.39, 0.29) is 0 Å². The first-order valence-electron chi connectivity index (χ1n) is 4.84. The maximum Gasteiger partial charge on any atom is 0.218 e. The van der Waals surface area contributed by atoms with Gasteiger partial charge in [0.05, 0.1) is 0 Å². The quantitative estimate of drug-likeness (QED) is 0.497. The lowest BCUT2D eigenvalue weighted by atomic mass is 9.65. The van der Waals surface area contributed by atoms with Crippen molar-refractivity contribution in [1.29, 1.82) is 0 Å². The van der Waals surface area contributed by atoms with Crippen molar-refractivity contribution in [3.8, 4) is 0 Å². The van der Waals surface area contributed by atoms with Gasteiger partial charge >= 0.3 is 0 Å². The number of rotatable bonds is 6. The number of halogens is 1. The summed E-state index contributed by atoms with van der Waals surface area (Å²) in [7, 11) is 0. The lowest BCUT2D eigenvalue weighted by Crippen LogP contribution is -2.07. The van der Waals surface area contributed by atoms with Crippen LogP contribution >= 0.6 is 22.4 Å². The molecule has 0 fully saturated rings. The molecule has 0 aliphatic heterocycles. The third-order valence-electron chi connectivity index (χ3n) is 2.23. The van der Waals surface area contributed by atoms with Crippen molar-refractivity contribution in [2.75, 3.05) is 0 Å². The van der Waals surface area contributed by atoms with Crippen molar-refractivity contribution in [3.05, 3.63) is 0 Å². The summed E-state index contributed by atoms with van der Waals surface area (Å²) in [6, 6.07) is 0. The van der Waals surface area contributed by atoms with Gasteiger partial charge in [0.1, 0.15) is 0 Å². The van der Waals surface area contributed by atoms with Crippen LogP contribution in [0.3, 0.4) is 0 Å². The second kappa shape index (κ2) is 7.44. The van der Waals surface area contributed by atoms with E-state index in [1.54, 1.807) is 0 Å². The number of hydrogen-bond donors (Lipinski definition) is 0. The average molecular weight is 266 g/mol. The van der Waals surface area contributed by atoms with Gasteiger partial charge in [-0.15, -0.1) is 22.4 Å². The molecule has 0 radical (unpaired) electrons. The van der Waals surface area contributed by atoms with Crippen LogP contribution in [0.15, 0.2) is 0 Å². The van der Waals surface area contributed by atoms with Crippen molar-refractivity contribution in [3.63, 3.8) is 0 Å². The predicted molar refractivity (Wildman–Crippen MR) is 63.8 cm³/mol. The van der Waals surface area contributed by atoms with Gasteiger partial charge in [0.15, 0.2) is 0 Å². The molecule has 0 nitrogen and oxygen atoms in total. The molecule has 0 aliphatic rings. The Kier molecular flexibility index (Phi) is 7.98. The van der Waals surface area contributed by atoms with E-state index in [0.29, 0.717) is 0 Å². The second-order valence-corrected chi connectivity index (χ2v) is 5.25. The minimum absolute atomic E-state index is 0.919. The minimum atomic E-state index is 0.919. The topological polar surface area (TPSA) is 0 Å². The molecule has 11 heavy (non-hydrogen) atoms. The molecule has 0 aromatic carbocycles. The second-order valence-electron chi connectivity index (χ2n) is 3.49. The Morgan fingerprint density at radius 1 is 1.36 bits per heavy atom. The minimum Gasteiger partial charge on any atom is -0.150 e. The summed E-state index contributed by atoms with van der Waals surface area (Å²) in [6.07, 6.45) is 6.92. The molecule has 1 unspecified atom stereocenters. The zero-order valence-corrected chi connectivity index (χ0v) is 10.2. The highest BCUT2D eigenvalue weighted by Gasteiger charge is 2.11. The van der Waals surface area contributed by atoms with E-state index < -0.39 is 0 Å². The highest BCUT2D eigenvalue weighted by molar-refractivity contribution is 14.1. The number of hydrogen-bond acceptors (Lipinski definition) is 0. The molecule has 0 saturated heterocycles. The predicted octanol–water partition coefficient (Wildman–Crippen LogP) is 4.26. The van der Waals surface area contributed by atoms with Crippen LogP contribution in [-0.4, -0.2) is 4.57 Å². The summed E-state index contributed by atoms with van der Waals surface area (Å²) in [5.41, 5.74) is 0. The van der Waals surface area contributed by atoms with Crippen LogP contribution in [0.4, 0.5) is 0 Å². The molecule has 0 aromatic rings. The molecule has 0 spiro atoms. The summed E-state index contributed by atoms with van der Waals surface area (Å²) in [5.74, 6) is 0.925. The van der Waals surface area contributed by atoms with Crippen LogP contribution < -0.4 is 0 Å². The fraction of sp³-hybridized carbons (Fsp3) is 1.00. The van der Waals surface area contributed by atoms with Crippen molar-refractivity contribution < 1.29 is 0 Å². The molecular weight excluding hydrogens is 246 g/mol. The normalized spacial score (nSPS) is 13.1. The molecule has 0 rings (SSSR count). The molecule has 0 amide bonds. The van der Waals surface area contributed by atoms with E-state index >= 15 is 0 Å². The monoisotopic (exact) mass is 266 g/mol. The molecule has 1 atom stereocenters. The van der Waals surface area contributed by atoms with Crippen LogP contribution in [-0.2, 0) is 0 Å². The lowest BCUT2D eigenvalue weighted by Gasteiger charge is -2.10. The Labute approximate surface area is 85.5 Å². The third-order valence-corrected chi connectivity index (χ3v) is 3.36. The maximum absolute atomic E-state index is 2.60. The summed E-state index contributed by atoms with van der Waals surface area (Å²) in [6.45, 7) is 6.91. The first-order valence-corrected chi connectivity index (χ1v) is 6.09. The van der Waals surface area contributed by atoms with Gasteiger partial charge in [0.2, 0.25) is 4.57 Å². The summed E-state index contributed by atoms with van der Waals surface area (Å²) in [4.78, 5) is 0. The fourth-order valence-electron chi connectivity index (χ4n) is 1.15. The highest BCUT2D eigenvalue weighted by atomic mass is 127. The van der Waals surface area contributed by atoms with Crippen molar-refractivity contribution >= 4 is 26.9 Å². The lowest BCUT2D eigenvalue weighted by molar-refractivity contribution is 0.620.